The fourth-order valence-electron chi connectivity index (χ4n) is 9.84. The summed E-state index contributed by atoms with van der Waals surface area (Å²) in [7, 11) is 0. The number of allylic oxidation sites excluding steroid dienone is 1. The fraction of sp³-hybridized carbons (Fsp3) is 0.0328. The van der Waals surface area contributed by atoms with Crippen LogP contribution in [0.4, 0.5) is 0 Å². The molecule has 298 valence electrons. The molecule has 1 aliphatic carbocycles. The Morgan fingerprint density at radius 3 is 1.70 bits per heavy atom. The van der Waals surface area contributed by atoms with Crippen molar-refractivity contribution < 1.29 is 0 Å². The number of benzene rings is 10. The summed E-state index contributed by atoms with van der Waals surface area (Å²) < 4.78 is 0. The Bertz CT molecular complexity index is 3310. The smallest absolute Gasteiger partial charge is 0.131 e. The zero-order chi connectivity index (χ0) is 42.2. The van der Waals surface area contributed by atoms with Crippen LogP contribution in [0.1, 0.15) is 38.9 Å². The molecule has 0 aliphatic heterocycles. The number of nitrogens with zero attached hydrogens (tertiary/aromatic N) is 1. The van der Waals surface area contributed by atoms with Crippen molar-refractivity contribution in [3.05, 3.63) is 282 Å². The Morgan fingerprint density at radius 2 is 0.984 bits per heavy atom. The molecule has 0 bridgehead atoms. The molecule has 11 rings (SSSR count). The minimum absolute atomic E-state index is 0.491. The van der Waals surface area contributed by atoms with Crippen LogP contribution in [-0.4, -0.2) is 5.84 Å². The summed E-state index contributed by atoms with van der Waals surface area (Å²) in [6.07, 6.45) is 2.94. The van der Waals surface area contributed by atoms with E-state index in [1.165, 1.54) is 66.4 Å². The van der Waals surface area contributed by atoms with E-state index in [9.17, 15) is 0 Å². The van der Waals surface area contributed by atoms with Crippen molar-refractivity contribution in [2.45, 2.75) is 11.8 Å². The van der Waals surface area contributed by atoms with Crippen molar-refractivity contribution in [3.63, 3.8) is 0 Å². The van der Waals surface area contributed by atoms with Crippen LogP contribution < -0.4 is 5.73 Å². The van der Waals surface area contributed by atoms with Crippen LogP contribution >= 0.6 is 0 Å². The third kappa shape index (κ3) is 6.74. The number of fused-ring (bicyclic) bond motifs is 5. The number of nitrogens with two attached hydrogens (primary N) is 1. The van der Waals surface area contributed by atoms with E-state index in [2.05, 4.69) is 212 Å². The molecule has 0 fully saturated rings. The highest BCUT2D eigenvalue weighted by Gasteiger charge is 2.46. The zero-order valence-corrected chi connectivity index (χ0v) is 34.8. The van der Waals surface area contributed by atoms with Crippen molar-refractivity contribution in [1.82, 2.24) is 0 Å². The Balaban J connectivity index is 1.05. The van der Waals surface area contributed by atoms with Crippen molar-refractivity contribution in [2.24, 2.45) is 10.7 Å². The van der Waals surface area contributed by atoms with Gasteiger partial charge in [0.2, 0.25) is 0 Å². The van der Waals surface area contributed by atoms with E-state index < -0.39 is 5.41 Å². The molecule has 2 N–H and O–H groups in total. The summed E-state index contributed by atoms with van der Waals surface area (Å²) in [5, 5.41) is 4.79. The molecule has 10 aromatic carbocycles. The molecule has 0 heterocycles. The van der Waals surface area contributed by atoms with Gasteiger partial charge in [0.15, 0.2) is 0 Å². The molecule has 0 unspecified atom stereocenters. The second-order valence-corrected chi connectivity index (χ2v) is 16.4. The minimum Gasteiger partial charge on any atom is -0.383 e. The van der Waals surface area contributed by atoms with Gasteiger partial charge in [-0.2, -0.15) is 0 Å². The van der Waals surface area contributed by atoms with Gasteiger partial charge in [-0.1, -0.05) is 218 Å². The van der Waals surface area contributed by atoms with E-state index in [0.29, 0.717) is 5.84 Å². The highest BCUT2D eigenvalue weighted by Crippen LogP contribution is 2.57. The Labute approximate surface area is 369 Å². The summed E-state index contributed by atoms with van der Waals surface area (Å²) in [6, 6.07) is 85.5. The van der Waals surface area contributed by atoms with Gasteiger partial charge in [0, 0.05) is 11.1 Å². The van der Waals surface area contributed by atoms with Crippen molar-refractivity contribution in [3.8, 4) is 33.4 Å². The summed E-state index contributed by atoms with van der Waals surface area (Å²) in [4.78, 5) is 5.11. The first-order chi connectivity index (χ1) is 31.1. The average molecular weight is 805 g/mol. The lowest BCUT2D eigenvalue weighted by molar-refractivity contribution is 0.770. The van der Waals surface area contributed by atoms with Crippen LogP contribution in [-0.2, 0) is 11.8 Å². The molecule has 0 saturated heterocycles. The number of rotatable bonds is 9. The van der Waals surface area contributed by atoms with Gasteiger partial charge >= 0.3 is 0 Å². The van der Waals surface area contributed by atoms with Crippen LogP contribution in [0.15, 0.2) is 248 Å². The Morgan fingerprint density at radius 1 is 0.429 bits per heavy atom. The number of aliphatic imine (C=N–C) groups is 1. The molecular weight excluding hydrogens is 761 g/mol. The van der Waals surface area contributed by atoms with Gasteiger partial charge in [0.1, 0.15) is 5.84 Å². The molecule has 0 atom stereocenters. The predicted octanol–water partition coefficient (Wildman–Crippen LogP) is 14.7. The van der Waals surface area contributed by atoms with Crippen LogP contribution in [0.5, 0.6) is 0 Å². The molecule has 0 radical (unpaired) electrons. The summed E-state index contributed by atoms with van der Waals surface area (Å²) in [5.74, 6) is 0.491. The van der Waals surface area contributed by atoms with Gasteiger partial charge in [-0.25, -0.2) is 4.99 Å². The van der Waals surface area contributed by atoms with Crippen molar-refractivity contribution in [1.29, 1.82) is 0 Å². The molecule has 63 heavy (non-hydrogen) atoms. The fourth-order valence-corrected chi connectivity index (χ4v) is 9.84. The molecule has 0 saturated carbocycles. The predicted molar refractivity (Wildman–Crippen MR) is 265 cm³/mol. The van der Waals surface area contributed by atoms with E-state index in [4.69, 9.17) is 10.7 Å². The minimum atomic E-state index is -0.505. The van der Waals surface area contributed by atoms with Gasteiger partial charge < -0.3 is 5.73 Å². The molecule has 2 nitrogen and oxygen atoms in total. The third-order valence-electron chi connectivity index (χ3n) is 12.8. The standard InChI is InChI=1S/C61H44N2/c62-60(43-20-7-2-8-21-43)63-59(37-32-42-18-5-1-6-19-42)55-36-35-51(52-30-15-16-31-53(52)55)48-25-17-24-44(38-48)47-33-34-54-56-39-45-22-13-14-23-46(45)40-58(56)61(57(54)41-47,49-26-9-3-10-27-49)50-28-11-4-12-29-50/h1-31,33-41H,32H2,(H2,62,63)/b59-37-. The number of hydrogen-bond donors (Lipinski definition) is 1. The summed E-state index contributed by atoms with van der Waals surface area (Å²) in [6.45, 7) is 0. The van der Waals surface area contributed by atoms with Gasteiger partial charge in [-0.3, -0.25) is 0 Å². The SMILES string of the molecule is NC(=N/C(=C\Cc1ccccc1)c1ccc(-c2cccc(-c3ccc4c(c3)C(c3ccccc3)(c3ccccc3)c3cc5ccccc5cc3-4)c2)c2ccccc12)c1ccccc1. The van der Waals surface area contributed by atoms with Gasteiger partial charge in [0.05, 0.1) is 11.1 Å². The maximum atomic E-state index is 6.71. The van der Waals surface area contributed by atoms with Crippen molar-refractivity contribution >= 4 is 33.1 Å². The lowest BCUT2D eigenvalue weighted by Crippen LogP contribution is -2.28. The highest BCUT2D eigenvalue weighted by molar-refractivity contribution is 6.06. The zero-order valence-electron chi connectivity index (χ0n) is 34.8. The van der Waals surface area contributed by atoms with E-state index in [1.54, 1.807) is 0 Å². The lowest BCUT2D eigenvalue weighted by atomic mass is 9.67. The highest BCUT2D eigenvalue weighted by atomic mass is 14.9. The average Bonchev–Trinajstić information content (AvgIpc) is 3.64. The topological polar surface area (TPSA) is 38.4 Å². The quantitative estimate of drug-likeness (QED) is 0.115. The Hall–Kier alpha value is -8.07. The first-order valence-corrected chi connectivity index (χ1v) is 21.7. The summed E-state index contributed by atoms with van der Waals surface area (Å²) in [5.41, 5.74) is 22.6. The van der Waals surface area contributed by atoms with Gasteiger partial charge in [-0.05, 0) is 113 Å². The van der Waals surface area contributed by atoms with Crippen LogP contribution in [0.3, 0.4) is 0 Å². The summed E-state index contributed by atoms with van der Waals surface area (Å²) >= 11 is 0. The maximum Gasteiger partial charge on any atom is 0.131 e. The lowest BCUT2D eigenvalue weighted by Gasteiger charge is -2.34. The molecule has 0 aromatic heterocycles. The van der Waals surface area contributed by atoms with Gasteiger partial charge in [-0.15, -0.1) is 0 Å². The largest absolute Gasteiger partial charge is 0.383 e. The molecule has 10 aromatic rings. The number of hydrogen-bond acceptors (Lipinski definition) is 1. The second-order valence-electron chi connectivity index (χ2n) is 16.4. The second kappa shape index (κ2) is 16.1. The monoisotopic (exact) mass is 804 g/mol. The maximum absolute atomic E-state index is 6.71. The third-order valence-corrected chi connectivity index (χ3v) is 12.8. The molecular formula is C61H44N2. The van der Waals surface area contributed by atoms with Crippen molar-refractivity contribution in [2.75, 3.05) is 0 Å². The molecule has 1 aliphatic rings. The van der Waals surface area contributed by atoms with E-state index in [-0.39, 0.29) is 0 Å². The number of amidine groups is 1. The Kier molecular flexibility index (Phi) is 9.67. The normalized spacial score (nSPS) is 13.2. The van der Waals surface area contributed by atoms with Crippen LogP contribution in [0.25, 0.3) is 60.6 Å². The van der Waals surface area contributed by atoms with Crippen LogP contribution in [0, 0.1) is 0 Å². The van der Waals surface area contributed by atoms with E-state index in [0.717, 1.165) is 39.6 Å². The first-order valence-electron chi connectivity index (χ1n) is 21.7. The van der Waals surface area contributed by atoms with Gasteiger partial charge in [0.25, 0.3) is 0 Å². The molecule has 0 amide bonds. The van der Waals surface area contributed by atoms with E-state index >= 15 is 0 Å². The van der Waals surface area contributed by atoms with Crippen LogP contribution in [0.2, 0.25) is 0 Å². The first kappa shape index (κ1) is 37.9. The molecule has 2 heteroatoms. The molecule has 0 spiro atoms. The van der Waals surface area contributed by atoms with E-state index in [1.807, 2.05) is 30.3 Å².